The number of likely N-dealkylation sites (tertiary alicyclic amines) is 1. The summed E-state index contributed by atoms with van der Waals surface area (Å²) in [6.45, 7) is 7.57. The number of nitrogens with one attached hydrogen (secondary N) is 1. The molecule has 1 N–H and O–H groups in total. The third kappa shape index (κ3) is 3.04. The van der Waals surface area contributed by atoms with E-state index in [0.29, 0.717) is 19.6 Å². The Kier molecular flexibility index (Phi) is 4.29. The summed E-state index contributed by atoms with van der Waals surface area (Å²) in [5.74, 6) is -0.382. The van der Waals surface area contributed by atoms with Gasteiger partial charge >= 0.3 is 0 Å². The van der Waals surface area contributed by atoms with E-state index in [1.165, 1.54) is 12.1 Å². The van der Waals surface area contributed by atoms with Gasteiger partial charge in [0.25, 0.3) is 5.91 Å². The van der Waals surface area contributed by atoms with E-state index in [4.69, 9.17) is 4.74 Å². The Bertz CT molecular complexity index is 775. The number of carbonyl (C=O) groups excluding carboxylic acids is 2. The standard InChI is InChI=1S/C21H27FN2O3/c1-20(2,3)19(26)24-11-15-14(17-8-9-21(15,12-24)27-17)10-23-18(25)13-6-4-5-7-16(13)22/h4-7,14-15,17H,8-12H2,1-3H3,(H,23,25)/t14-,15+,17+,21+/m0/s1. The zero-order chi connectivity index (χ0) is 19.4. The summed E-state index contributed by atoms with van der Waals surface area (Å²) in [5.41, 5.74) is -0.617. The van der Waals surface area contributed by atoms with Crippen molar-refractivity contribution in [2.24, 2.45) is 17.3 Å². The van der Waals surface area contributed by atoms with Crippen LogP contribution in [0, 0.1) is 23.1 Å². The highest BCUT2D eigenvalue weighted by Crippen LogP contribution is 2.55. The highest BCUT2D eigenvalue weighted by molar-refractivity contribution is 5.94. The van der Waals surface area contributed by atoms with E-state index < -0.39 is 17.1 Å². The lowest BCUT2D eigenvalue weighted by Crippen LogP contribution is -2.42. The van der Waals surface area contributed by atoms with Gasteiger partial charge in [0.05, 0.1) is 23.8 Å². The van der Waals surface area contributed by atoms with Crippen molar-refractivity contribution in [3.63, 3.8) is 0 Å². The molecule has 0 aromatic heterocycles. The Labute approximate surface area is 159 Å². The summed E-state index contributed by atoms with van der Waals surface area (Å²) < 4.78 is 20.2. The number of rotatable bonds is 3. The number of amides is 2. The molecule has 4 rings (SSSR count). The summed E-state index contributed by atoms with van der Waals surface area (Å²) in [6.07, 6.45) is 2.03. The molecule has 1 aromatic rings. The number of fused-ring (bicyclic) bond motifs is 1. The lowest BCUT2D eigenvalue weighted by Gasteiger charge is -2.29. The maximum Gasteiger partial charge on any atom is 0.254 e. The Morgan fingerprint density at radius 3 is 2.78 bits per heavy atom. The lowest BCUT2D eigenvalue weighted by molar-refractivity contribution is -0.139. The fourth-order valence-electron chi connectivity index (χ4n) is 5.04. The first kappa shape index (κ1) is 18.4. The van der Waals surface area contributed by atoms with Crippen LogP contribution in [0.4, 0.5) is 4.39 Å². The van der Waals surface area contributed by atoms with Crippen molar-refractivity contribution in [3.8, 4) is 0 Å². The van der Waals surface area contributed by atoms with E-state index in [1.54, 1.807) is 12.1 Å². The molecule has 3 heterocycles. The van der Waals surface area contributed by atoms with Crippen LogP contribution in [-0.4, -0.2) is 48.1 Å². The fourth-order valence-corrected chi connectivity index (χ4v) is 5.04. The lowest BCUT2D eigenvalue weighted by atomic mass is 9.73. The molecule has 3 aliphatic heterocycles. The van der Waals surface area contributed by atoms with Crippen LogP contribution in [0.1, 0.15) is 44.0 Å². The predicted octanol–water partition coefficient (Wildman–Crippen LogP) is 2.61. The summed E-state index contributed by atoms with van der Waals surface area (Å²) in [6, 6.07) is 6.00. The molecule has 1 aromatic carbocycles. The molecule has 4 atom stereocenters. The molecule has 3 aliphatic rings. The zero-order valence-electron chi connectivity index (χ0n) is 16.1. The first-order valence-corrected chi connectivity index (χ1v) is 9.71. The molecular weight excluding hydrogens is 347 g/mol. The average Bonchev–Trinajstić information content (AvgIpc) is 3.26. The molecule has 6 heteroatoms. The topological polar surface area (TPSA) is 58.6 Å². The number of carbonyl (C=O) groups is 2. The van der Waals surface area contributed by atoms with Gasteiger partial charge < -0.3 is 15.0 Å². The molecule has 3 saturated heterocycles. The van der Waals surface area contributed by atoms with Gasteiger partial charge in [0.2, 0.25) is 5.91 Å². The second kappa shape index (κ2) is 6.30. The third-order valence-corrected chi connectivity index (χ3v) is 6.33. The second-order valence-corrected chi connectivity index (χ2v) is 9.16. The zero-order valence-corrected chi connectivity index (χ0v) is 16.1. The molecule has 146 valence electrons. The Balaban J connectivity index is 1.45. The normalized spacial score (nSPS) is 31.9. The SMILES string of the molecule is CC(C)(C)C(=O)N1C[C@@H]2[C@H](CNC(=O)c3ccccc3F)[C@H]3CC[C@]2(C1)O3. The highest BCUT2D eigenvalue weighted by atomic mass is 19.1. The summed E-state index contributed by atoms with van der Waals surface area (Å²) in [5, 5.41) is 2.89. The van der Waals surface area contributed by atoms with Gasteiger partial charge in [-0.15, -0.1) is 0 Å². The molecule has 0 aliphatic carbocycles. The van der Waals surface area contributed by atoms with Crippen molar-refractivity contribution in [2.45, 2.75) is 45.3 Å². The predicted molar refractivity (Wildman–Crippen MR) is 98.6 cm³/mol. The Hall–Kier alpha value is -1.95. The molecule has 5 nitrogen and oxygen atoms in total. The van der Waals surface area contributed by atoms with E-state index in [9.17, 15) is 14.0 Å². The van der Waals surface area contributed by atoms with Gasteiger partial charge in [-0.25, -0.2) is 4.39 Å². The molecule has 0 radical (unpaired) electrons. The van der Waals surface area contributed by atoms with Crippen LogP contribution >= 0.6 is 0 Å². The monoisotopic (exact) mass is 374 g/mol. The maximum absolute atomic E-state index is 13.8. The van der Waals surface area contributed by atoms with Crippen molar-refractivity contribution in [1.29, 1.82) is 0 Å². The smallest absolute Gasteiger partial charge is 0.254 e. The van der Waals surface area contributed by atoms with Gasteiger partial charge in [-0.3, -0.25) is 9.59 Å². The van der Waals surface area contributed by atoms with Gasteiger partial charge in [0, 0.05) is 30.3 Å². The minimum Gasteiger partial charge on any atom is -0.369 e. The highest BCUT2D eigenvalue weighted by Gasteiger charge is 2.63. The van der Waals surface area contributed by atoms with E-state index in [0.717, 1.165) is 12.8 Å². The van der Waals surface area contributed by atoms with E-state index in [2.05, 4.69) is 5.32 Å². The van der Waals surface area contributed by atoms with Crippen molar-refractivity contribution >= 4 is 11.8 Å². The van der Waals surface area contributed by atoms with E-state index in [-0.39, 0.29) is 35.0 Å². The maximum atomic E-state index is 13.8. The number of nitrogens with zero attached hydrogens (tertiary/aromatic N) is 1. The fraction of sp³-hybridized carbons (Fsp3) is 0.619. The largest absolute Gasteiger partial charge is 0.369 e. The van der Waals surface area contributed by atoms with Crippen LogP contribution in [0.2, 0.25) is 0 Å². The summed E-state index contributed by atoms with van der Waals surface area (Å²) >= 11 is 0. The van der Waals surface area contributed by atoms with E-state index in [1.807, 2.05) is 25.7 Å². The van der Waals surface area contributed by atoms with Crippen molar-refractivity contribution in [3.05, 3.63) is 35.6 Å². The molecule has 0 saturated carbocycles. The first-order valence-electron chi connectivity index (χ1n) is 9.71. The second-order valence-electron chi connectivity index (χ2n) is 9.16. The molecule has 2 bridgehead atoms. The van der Waals surface area contributed by atoms with Crippen molar-refractivity contribution < 1.29 is 18.7 Å². The van der Waals surface area contributed by atoms with Gasteiger partial charge in [-0.2, -0.15) is 0 Å². The number of halogens is 1. The van der Waals surface area contributed by atoms with Crippen LogP contribution in [-0.2, 0) is 9.53 Å². The van der Waals surface area contributed by atoms with Crippen LogP contribution in [0.25, 0.3) is 0 Å². The van der Waals surface area contributed by atoms with E-state index >= 15 is 0 Å². The third-order valence-electron chi connectivity index (χ3n) is 6.33. The van der Waals surface area contributed by atoms with Crippen LogP contribution < -0.4 is 5.32 Å². The molecule has 0 unspecified atom stereocenters. The Morgan fingerprint density at radius 1 is 1.33 bits per heavy atom. The molecule has 2 amide bonds. The summed E-state index contributed by atoms with van der Waals surface area (Å²) in [7, 11) is 0. The number of ether oxygens (including phenoxy) is 1. The minimum absolute atomic E-state index is 0.0623. The van der Waals surface area contributed by atoms with Gasteiger partial charge in [0.15, 0.2) is 0 Å². The molecule has 3 fully saturated rings. The first-order chi connectivity index (χ1) is 12.7. The quantitative estimate of drug-likeness (QED) is 0.885. The number of benzene rings is 1. The number of hydrogen-bond acceptors (Lipinski definition) is 3. The van der Waals surface area contributed by atoms with Crippen LogP contribution in [0.3, 0.4) is 0 Å². The van der Waals surface area contributed by atoms with Gasteiger partial charge in [-0.05, 0) is 25.0 Å². The van der Waals surface area contributed by atoms with Crippen molar-refractivity contribution in [2.75, 3.05) is 19.6 Å². The van der Waals surface area contributed by atoms with Crippen molar-refractivity contribution in [1.82, 2.24) is 10.2 Å². The molecule has 27 heavy (non-hydrogen) atoms. The van der Waals surface area contributed by atoms with Crippen LogP contribution in [0.15, 0.2) is 24.3 Å². The molecule has 1 spiro atoms. The Morgan fingerprint density at radius 2 is 2.07 bits per heavy atom. The molecular formula is C21H27FN2O3. The minimum atomic E-state index is -0.515. The van der Waals surface area contributed by atoms with Gasteiger partial charge in [0.1, 0.15) is 5.82 Å². The van der Waals surface area contributed by atoms with Gasteiger partial charge in [-0.1, -0.05) is 32.9 Å². The van der Waals surface area contributed by atoms with Crippen LogP contribution in [0.5, 0.6) is 0 Å². The number of hydrogen-bond donors (Lipinski definition) is 1. The average molecular weight is 374 g/mol. The summed E-state index contributed by atoms with van der Waals surface area (Å²) in [4.78, 5) is 27.0.